The lowest BCUT2D eigenvalue weighted by Crippen LogP contribution is -2.56. The highest BCUT2D eigenvalue weighted by Crippen LogP contribution is 2.38. The van der Waals surface area contributed by atoms with E-state index in [1.54, 1.807) is 12.1 Å². The van der Waals surface area contributed by atoms with E-state index in [0.717, 1.165) is 12.8 Å². The minimum atomic E-state index is -2.70. The lowest BCUT2D eigenvalue weighted by Gasteiger charge is -2.40. The van der Waals surface area contributed by atoms with Gasteiger partial charge in [0.15, 0.2) is 0 Å². The van der Waals surface area contributed by atoms with Gasteiger partial charge in [0, 0.05) is 19.8 Å². The van der Waals surface area contributed by atoms with Crippen LogP contribution in [0.15, 0.2) is 12.1 Å². The van der Waals surface area contributed by atoms with Crippen LogP contribution in [0.5, 0.6) is 5.88 Å². The lowest BCUT2D eigenvalue weighted by atomic mass is 9.94. The molecule has 4 rings (SSSR count). The van der Waals surface area contributed by atoms with Crippen molar-refractivity contribution in [3.8, 4) is 5.88 Å². The van der Waals surface area contributed by atoms with E-state index in [1.165, 1.54) is 4.90 Å². The second-order valence-electron chi connectivity index (χ2n) is 8.47. The Hall–Kier alpha value is -2.00. The van der Waals surface area contributed by atoms with Gasteiger partial charge in [-0.1, -0.05) is 0 Å². The fourth-order valence-corrected chi connectivity index (χ4v) is 3.75. The number of rotatable bonds is 10. The van der Waals surface area contributed by atoms with E-state index in [9.17, 15) is 13.6 Å². The zero-order valence-corrected chi connectivity index (χ0v) is 17.3. The van der Waals surface area contributed by atoms with E-state index in [-0.39, 0.29) is 30.6 Å². The van der Waals surface area contributed by atoms with E-state index in [1.807, 2.05) is 6.92 Å². The van der Waals surface area contributed by atoms with E-state index < -0.39 is 11.5 Å². The van der Waals surface area contributed by atoms with Crippen molar-refractivity contribution in [3.63, 3.8) is 0 Å². The van der Waals surface area contributed by atoms with Gasteiger partial charge in [0.2, 0.25) is 5.88 Å². The highest BCUT2D eigenvalue weighted by molar-refractivity contribution is 5.93. The van der Waals surface area contributed by atoms with Gasteiger partial charge in [-0.15, -0.1) is 0 Å². The maximum Gasteiger partial charge on any atom is 0.282 e. The summed E-state index contributed by atoms with van der Waals surface area (Å²) < 4.78 is 43.5. The van der Waals surface area contributed by atoms with Crippen LogP contribution in [0.4, 0.5) is 14.5 Å². The zero-order chi connectivity index (χ0) is 21.2. The van der Waals surface area contributed by atoms with Crippen molar-refractivity contribution in [1.82, 2.24) is 10.3 Å². The zero-order valence-electron chi connectivity index (χ0n) is 17.3. The number of amides is 1. The average Bonchev–Trinajstić information content (AvgIpc) is 3.42. The number of carbonyl (C=O) groups is 1. The smallest absolute Gasteiger partial charge is 0.282 e. The number of nitrogens with one attached hydrogen (secondary N) is 1. The predicted octanol–water partition coefficient (Wildman–Crippen LogP) is 2.64. The van der Waals surface area contributed by atoms with Gasteiger partial charge in [0.05, 0.1) is 31.8 Å². The highest BCUT2D eigenvalue weighted by atomic mass is 19.3. The number of nitrogens with zero attached hydrogens (tertiary/aromatic N) is 2. The standard InChI is InChI=1S/C21H29F2N3O4/c1-2-28-9-7-20(8-10-29-14-20)25-18(27)16-5-6-17(26-12-21(22,23)13-26)19(24-16)30-11-15-3-4-15/h5-6,15H,2-4,7-14H2,1H3,(H,25,27). The van der Waals surface area contributed by atoms with Gasteiger partial charge in [0.1, 0.15) is 11.4 Å². The molecule has 1 unspecified atom stereocenters. The van der Waals surface area contributed by atoms with Gasteiger partial charge in [-0.25, -0.2) is 13.8 Å². The minimum Gasteiger partial charge on any atom is -0.476 e. The van der Waals surface area contributed by atoms with Gasteiger partial charge in [-0.05, 0) is 50.7 Å². The fraction of sp³-hybridized carbons (Fsp3) is 0.714. The van der Waals surface area contributed by atoms with Gasteiger partial charge in [-0.2, -0.15) is 0 Å². The van der Waals surface area contributed by atoms with Gasteiger partial charge < -0.3 is 24.4 Å². The summed E-state index contributed by atoms with van der Waals surface area (Å²) in [6, 6.07) is 3.22. The van der Waals surface area contributed by atoms with Crippen molar-refractivity contribution in [2.75, 3.05) is 51.0 Å². The minimum absolute atomic E-state index is 0.208. The Morgan fingerprint density at radius 1 is 1.37 bits per heavy atom. The second kappa shape index (κ2) is 8.63. The molecular weight excluding hydrogens is 396 g/mol. The number of pyridine rings is 1. The molecule has 3 heterocycles. The Morgan fingerprint density at radius 3 is 2.80 bits per heavy atom. The first-order chi connectivity index (χ1) is 14.4. The number of carbonyl (C=O) groups excluding carboxylic acids is 1. The first kappa shape index (κ1) is 21.2. The molecule has 1 atom stereocenters. The maximum absolute atomic E-state index is 13.3. The van der Waals surface area contributed by atoms with Crippen LogP contribution < -0.4 is 15.0 Å². The number of alkyl halides is 2. The molecule has 0 radical (unpaired) electrons. The molecule has 3 fully saturated rings. The van der Waals surface area contributed by atoms with Crippen molar-refractivity contribution >= 4 is 11.6 Å². The van der Waals surface area contributed by atoms with Crippen LogP contribution in [0.1, 0.15) is 43.1 Å². The third kappa shape index (κ3) is 5.00. The summed E-state index contributed by atoms with van der Waals surface area (Å²) in [4.78, 5) is 18.9. The van der Waals surface area contributed by atoms with E-state index in [0.29, 0.717) is 57.5 Å². The fourth-order valence-electron chi connectivity index (χ4n) is 3.75. The number of hydrogen-bond acceptors (Lipinski definition) is 6. The summed E-state index contributed by atoms with van der Waals surface area (Å²) in [7, 11) is 0. The first-order valence-corrected chi connectivity index (χ1v) is 10.6. The molecule has 1 aromatic rings. The van der Waals surface area contributed by atoms with Crippen molar-refractivity contribution in [3.05, 3.63) is 17.8 Å². The van der Waals surface area contributed by atoms with E-state index in [4.69, 9.17) is 14.2 Å². The number of aromatic nitrogens is 1. The quantitative estimate of drug-likeness (QED) is 0.581. The summed E-state index contributed by atoms with van der Waals surface area (Å²) in [5, 5.41) is 3.07. The number of anilines is 1. The van der Waals surface area contributed by atoms with Gasteiger partial charge >= 0.3 is 0 Å². The lowest BCUT2D eigenvalue weighted by molar-refractivity contribution is -0.0265. The average molecular weight is 425 g/mol. The maximum atomic E-state index is 13.3. The van der Waals surface area contributed by atoms with Gasteiger partial charge in [-0.3, -0.25) is 4.79 Å². The van der Waals surface area contributed by atoms with Crippen LogP contribution in [-0.2, 0) is 9.47 Å². The summed E-state index contributed by atoms with van der Waals surface area (Å²) in [5.74, 6) is -2.29. The summed E-state index contributed by atoms with van der Waals surface area (Å²) >= 11 is 0. The highest BCUT2D eigenvalue weighted by Gasteiger charge is 2.45. The SMILES string of the molecule is CCOCCC1(NC(=O)c2ccc(N3CC(F)(F)C3)c(OCC3CC3)n2)CCOC1. The normalized spacial score (nSPS) is 25.1. The van der Waals surface area contributed by atoms with Gasteiger partial charge in [0.25, 0.3) is 11.8 Å². The third-order valence-electron chi connectivity index (χ3n) is 5.82. The van der Waals surface area contributed by atoms with Crippen molar-refractivity contribution in [2.24, 2.45) is 5.92 Å². The van der Waals surface area contributed by atoms with Crippen LogP contribution in [-0.4, -0.2) is 68.5 Å². The van der Waals surface area contributed by atoms with E-state index in [2.05, 4.69) is 10.3 Å². The predicted molar refractivity (Wildman–Crippen MR) is 106 cm³/mol. The Kier molecular flexibility index (Phi) is 6.11. The number of hydrogen-bond donors (Lipinski definition) is 1. The molecule has 9 heteroatoms. The molecule has 1 aliphatic carbocycles. The monoisotopic (exact) mass is 425 g/mol. The molecule has 2 saturated heterocycles. The molecular formula is C21H29F2N3O4. The molecule has 0 aromatic carbocycles. The van der Waals surface area contributed by atoms with Crippen LogP contribution in [0.2, 0.25) is 0 Å². The van der Waals surface area contributed by atoms with Crippen molar-refractivity contribution in [2.45, 2.75) is 44.1 Å². The molecule has 1 amide bonds. The van der Waals surface area contributed by atoms with Crippen LogP contribution >= 0.6 is 0 Å². The van der Waals surface area contributed by atoms with Crippen LogP contribution in [0.25, 0.3) is 0 Å². The topological polar surface area (TPSA) is 72.9 Å². The Balaban J connectivity index is 1.48. The largest absolute Gasteiger partial charge is 0.476 e. The molecule has 1 aromatic heterocycles. The van der Waals surface area contributed by atoms with Crippen molar-refractivity contribution < 1.29 is 27.8 Å². The number of halogens is 2. The first-order valence-electron chi connectivity index (χ1n) is 10.6. The Morgan fingerprint density at radius 2 is 2.17 bits per heavy atom. The van der Waals surface area contributed by atoms with Crippen molar-refractivity contribution in [1.29, 1.82) is 0 Å². The molecule has 1 saturated carbocycles. The molecule has 2 aliphatic heterocycles. The molecule has 0 spiro atoms. The molecule has 1 N–H and O–H groups in total. The third-order valence-corrected chi connectivity index (χ3v) is 5.82. The Bertz CT molecular complexity index is 759. The number of ether oxygens (including phenoxy) is 3. The van der Waals surface area contributed by atoms with Crippen LogP contribution in [0.3, 0.4) is 0 Å². The van der Waals surface area contributed by atoms with Crippen LogP contribution in [0, 0.1) is 5.92 Å². The molecule has 30 heavy (non-hydrogen) atoms. The molecule has 166 valence electrons. The molecule has 3 aliphatic rings. The molecule has 7 nitrogen and oxygen atoms in total. The van der Waals surface area contributed by atoms with E-state index >= 15 is 0 Å². The summed E-state index contributed by atoms with van der Waals surface area (Å²) in [6.07, 6.45) is 3.55. The Labute approximate surface area is 175 Å². The summed E-state index contributed by atoms with van der Waals surface area (Å²) in [5.41, 5.74) is 0.231. The molecule has 0 bridgehead atoms. The second-order valence-corrected chi connectivity index (χ2v) is 8.47. The summed E-state index contributed by atoms with van der Waals surface area (Å²) in [6.45, 7) is 3.85.